The van der Waals surface area contributed by atoms with Crippen LogP contribution in [-0.2, 0) is 0 Å². The Morgan fingerprint density at radius 2 is 2.60 bits per heavy atom. The zero-order chi connectivity index (χ0) is 10.7. The largest absolute Gasteiger partial charge is 0.351 e. The summed E-state index contributed by atoms with van der Waals surface area (Å²) in [4.78, 5) is 11.5. The Hall–Kier alpha value is -1.36. The number of aromatic nitrogens is 2. The highest BCUT2D eigenvalue weighted by Crippen LogP contribution is 2.20. The highest BCUT2D eigenvalue weighted by Gasteiger charge is 2.20. The summed E-state index contributed by atoms with van der Waals surface area (Å²) in [7, 11) is 0. The predicted molar refractivity (Wildman–Crippen MR) is 56.8 cm³/mol. The summed E-state index contributed by atoms with van der Waals surface area (Å²) in [5.74, 6) is 0.367. The van der Waals surface area contributed by atoms with Gasteiger partial charge in [0, 0.05) is 24.7 Å². The van der Waals surface area contributed by atoms with Gasteiger partial charge in [0.1, 0.15) is 5.69 Å². The van der Waals surface area contributed by atoms with Crippen molar-refractivity contribution in [1.29, 1.82) is 0 Å². The van der Waals surface area contributed by atoms with Gasteiger partial charge in [-0.2, -0.15) is 5.10 Å². The maximum Gasteiger partial charge on any atom is 0.271 e. The van der Waals surface area contributed by atoms with E-state index in [-0.39, 0.29) is 5.91 Å². The van der Waals surface area contributed by atoms with Gasteiger partial charge in [0.25, 0.3) is 5.91 Å². The van der Waals surface area contributed by atoms with Crippen LogP contribution in [0.3, 0.4) is 0 Å². The molecule has 82 valence electrons. The number of nitrogens with zero attached hydrogens (tertiary/aromatic N) is 1. The molecular formula is C10H16N4O. The number of aromatic amines is 1. The first-order valence-corrected chi connectivity index (χ1v) is 5.35. The number of amides is 1. The molecule has 1 fully saturated rings. The molecule has 1 aromatic heterocycles. The molecule has 1 aliphatic rings. The zero-order valence-electron chi connectivity index (χ0n) is 8.84. The molecule has 1 unspecified atom stereocenters. The third-order valence-corrected chi connectivity index (χ3v) is 2.67. The monoisotopic (exact) mass is 208 g/mol. The van der Waals surface area contributed by atoms with E-state index in [1.54, 1.807) is 0 Å². The Kier molecular flexibility index (Phi) is 3.01. The van der Waals surface area contributed by atoms with Crippen LogP contribution >= 0.6 is 0 Å². The number of rotatable bonds is 3. The zero-order valence-corrected chi connectivity index (χ0v) is 8.84. The first kappa shape index (κ1) is 10.2. The van der Waals surface area contributed by atoms with Crippen molar-refractivity contribution in [2.75, 3.05) is 19.6 Å². The third kappa shape index (κ3) is 2.18. The molecule has 0 aromatic carbocycles. The standard InChI is InChI=1S/C10H16N4O/c1-2-12-10(15)9-5-8(13-14-9)7-3-4-11-6-7/h5,7,11H,2-4,6H2,1H3,(H,12,15)(H,13,14). The van der Waals surface area contributed by atoms with E-state index >= 15 is 0 Å². The molecule has 3 N–H and O–H groups in total. The number of hydrogen-bond acceptors (Lipinski definition) is 3. The second-order valence-electron chi connectivity index (χ2n) is 3.76. The van der Waals surface area contributed by atoms with Crippen molar-refractivity contribution >= 4 is 5.91 Å². The van der Waals surface area contributed by atoms with E-state index in [4.69, 9.17) is 0 Å². The first-order valence-electron chi connectivity index (χ1n) is 5.35. The second-order valence-corrected chi connectivity index (χ2v) is 3.76. The molecule has 0 saturated carbocycles. The fourth-order valence-corrected chi connectivity index (χ4v) is 1.83. The van der Waals surface area contributed by atoms with Crippen LogP contribution in [0.2, 0.25) is 0 Å². The average Bonchev–Trinajstić information content (AvgIpc) is 2.89. The predicted octanol–water partition coefficient (Wildman–Crippen LogP) is 0.236. The summed E-state index contributed by atoms with van der Waals surface area (Å²) < 4.78 is 0. The van der Waals surface area contributed by atoms with Gasteiger partial charge in [0.05, 0.1) is 0 Å². The lowest BCUT2D eigenvalue weighted by Gasteiger charge is -2.02. The minimum atomic E-state index is -0.106. The summed E-state index contributed by atoms with van der Waals surface area (Å²) in [5.41, 5.74) is 1.54. The van der Waals surface area contributed by atoms with Crippen molar-refractivity contribution in [2.45, 2.75) is 19.3 Å². The summed E-state index contributed by atoms with van der Waals surface area (Å²) >= 11 is 0. The van der Waals surface area contributed by atoms with Gasteiger partial charge in [0.2, 0.25) is 0 Å². The lowest BCUT2D eigenvalue weighted by molar-refractivity contribution is 0.0951. The Bertz CT molecular complexity index is 341. The molecule has 1 amide bonds. The van der Waals surface area contributed by atoms with Crippen LogP contribution in [0, 0.1) is 0 Å². The van der Waals surface area contributed by atoms with Crippen molar-refractivity contribution in [3.63, 3.8) is 0 Å². The number of carbonyl (C=O) groups excluding carboxylic acids is 1. The van der Waals surface area contributed by atoms with Crippen molar-refractivity contribution in [1.82, 2.24) is 20.8 Å². The molecule has 0 aliphatic carbocycles. The van der Waals surface area contributed by atoms with E-state index in [0.29, 0.717) is 18.2 Å². The van der Waals surface area contributed by atoms with Crippen LogP contribution < -0.4 is 10.6 Å². The molecule has 2 rings (SSSR count). The fraction of sp³-hybridized carbons (Fsp3) is 0.600. The normalized spacial score (nSPS) is 20.5. The van der Waals surface area contributed by atoms with Crippen molar-refractivity contribution in [2.24, 2.45) is 0 Å². The summed E-state index contributed by atoms with van der Waals surface area (Å²) in [6.07, 6.45) is 1.11. The molecule has 1 aromatic rings. The molecule has 1 saturated heterocycles. The van der Waals surface area contributed by atoms with E-state index in [0.717, 1.165) is 25.2 Å². The highest BCUT2D eigenvalue weighted by atomic mass is 16.1. The van der Waals surface area contributed by atoms with Crippen LogP contribution in [-0.4, -0.2) is 35.7 Å². The lowest BCUT2D eigenvalue weighted by atomic mass is 10.1. The van der Waals surface area contributed by atoms with Gasteiger partial charge < -0.3 is 10.6 Å². The number of carbonyl (C=O) groups is 1. The van der Waals surface area contributed by atoms with E-state index in [2.05, 4.69) is 20.8 Å². The molecule has 15 heavy (non-hydrogen) atoms. The van der Waals surface area contributed by atoms with E-state index < -0.39 is 0 Å². The van der Waals surface area contributed by atoms with Gasteiger partial charge in [-0.15, -0.1) is 0 Å². The molecule has 0 bridgehead atoms. The number of nitrogens with one attached hydrogen (secondary N) is 3. The van der Waals surface area contributed by atoms with E-state index in [9.17, 15) is 4.79 Å². The van der Waals surface area contributed by atoms with E-state index in [1.165, 1.54) is 0 Å². The number of H-pyrrole nitrogens is 1. The lowest BCUT2D eigenvalue weighted by Crippen LogP contribution is -2.22. The molecule has 5 nitrogen and oxygen atoms in total. The van der Waals surface area contributed by atoms with Crippen molar-refractivity contribution in [3.05, 3.63) is 17.5 Å². The molecular weight excluding hydrogens is 192 g/mol. The smallest absolute Gasteiger partial charge is 0.271 e. The van der Waals surface area contributed by atoms with Gasteiger partial charge in [-0.05, 0) is 26.0 Å². The fourth-order valence-electron chi connectivity index (χ4n) is 1.83. The van der Waals surface area contributed by atoms with Gasteiger partial charge in [-0.1, -0.05) is 0 Å². The Balaban J connectivity index is 2.06. The highest BCUT2D eigenvalue weighted by molar-refractivity contribution is 5.92. The molecule has 0 radical (unpaired) electrons. The van der Waals surface area contributed by atoms with Crippen molar-refractivity contribution in [3.8, 4) is 0 Å². The maximum atomic E-state index is 11.5. The minimum absolute atomic E-state index is 0.106. The quantitative estimate of drug-likeness (QED) is 0.666. The minimum Gasteiger partial charge on any atom is -0.351 e. The summed E-state index contributed by atoms with van der Waals surface area (Å²) in [6.45, 7) is 4.54. The first-order chi connectivity index (χ1) is 7.31. The van der Waals surface area contributed by atoms with Gasteiger partial charge in [0.15, 0.2) is 0 Å². The summed E-state index contributed by atoms with van der Waals surface area (Å²) in [5, 5.41) is 13.0. The van der Waals surface area contributed by atoms with Gasteiger partial charge in [-0.3, -0.25) is 9.89 Å². The topological polar surface area (TPSA) is 69.8 Å². The Labute approximate surface area is 88.6 Å². The Morgan fingerprint density at radius 1 is 1.73 bits per heavy atom. The number of hydrogen-bond donors (Lipinski definition) is 3. The molecule has 0 spiro atoms. The van der Waals surface area contributed by atoms with Crippen molar-refractivity contribution < 1.29 is 4.79 Å². The average molecular weight is 208 g/mol. The molecule has 1 atom stereocenters. The van der Waals surface area contributed by atoms with E-state index in [1.807, 2.05) is 13.0 Å². The Morgan fingerprint density at radius 3 is 3.27 bits per heavy atom. The molecule has 2 heterocycles. The summed E-state index contributed by atoms with van der Waals surface area (Å²) in [6, 6.07) is 1.85. The molecule has 5 heteroatoms. The SMILES string of the molecule is CCNC(=O)c1cc(C2CCNC2)[nH]n1. The van der Waals surface area contributed by atoms with Gasteiger partial charge >= 0.3 is 0 Å². The van der Waals surface area contributed by atoms with Gasteiger partial charge in [-0.25, -0.2) is 0 Å². The van der Waals surface area contributed by atoms with Crippen LogP contribution in [0.5, 0.6) is 0 Å². The van der Waals surface area contributed by atoms with Crippen LogP contribution in [0.4, 0.5) is 0 Å². The maximum absolute atomic E-state index is 11.5. The second kappa shape index (κ2) is 4.44. The third-order valence-electron chi connectivity index (χ3n) is 2.67. The van der Waals surface area contributed by atoms with Crippen LogP contribution in [0.1, 0.15) is 35.4 Å². The van der Waals surface area contributed by atoms with Crippen LogP contribution in [0.25, 0.3) is 0 Å². The van der Waals surface area contributed by atoms with Crippen LogP contribution in [0.15, 0.2) is 6.07 Å². The molecule has 1 aliphatic heterocycles.